The van der Waals surface area contributed by atoms with Gasteiger partial charge in [-0.15, -0.1) is 0 Å². The Morgan fingerprint density at radius 1 is 0.821 bits per heavy atom. The smallest absolute Gasteiger partial charge is 0.344 e. The van der Waals surface area contributed by atoms with E-state index >= 15 is 0 Å². The average molecular weight is 533 g/mol. The third kappa shape index (κ3) is 8.52. The van der Waals surface area contributed by atoms with Crippen molar-refractivity contribution in [2.75, 3.05) is 20.3 Å². The molecule has 0 aliphatic heterocycles. The largest absolute Gasteiger partial charge is 0.462 e. The minimum atomic E-state index is -0.507. The fourth-order valence-corrected chi connectivity index (χ4v) is 4.09. The maximum atomic E-state index is 12.9. The van der Waals surface area contributed by atoms with Crippen molar-refractivity contribution in [2.24, 2.45) is 0 Å². The molecule has 0 fully saturated rings. The Kier molecular flexibility index (Phi) is 10.8. The molecular formula is C32H36O7. The third-order valence-corrected chi connectivity index (χ3v) is 6.25. The number of hydrogen-bond donors (Lipinski definition) is 0. The molecule has 0 aliphatic carbocycles. The predicted molar refractivity (Wildman–Crippen MR) is 152 cm³/mol. The molecular weight excluding hydrogens is 496 g/mol. The van der Waals surface area contributed by atoms with Crippen LogP contribution >= 0.6 is 0 Å². The first kappa shape index (κ1) is 29.6. The minimum Gasteiger partial charge on any atom is -0.462 e. The summed E-state index contributed by atoms with van der Waals surface area (Å²) in [4.78, 5) is 36.3. The highest BCUT2D eigenvalue weighted by molar-refractivity contribution is 5.89. The van der Waals surface area contributed by atoms with Gasteiger partial charge in [0, 0.05) is 30.2 Å². The summed E-state index contributed by atoms with van der Waals surface area (Å²) in [5.74, 6) is -0.511. The van der Waals surface area contributed by atoms with E-state index in [0.29, 0.717) is 46.8 Å². The minimum absolute atomic E-state index is 0.302. The molecule has 0 saturated carbocycles. The fraction of sp³-hybridized carbons (Fsp3) is 0.344. The van der Waals surface area contributed by atoms with Crippen LogP contribution in [-0.4, -0.2) is 32.3 Å². The lowest BCUT2D eigenvalue weighted by Gasteiger charge is -2.13. The van der Waals surface area contributed by atoms with Crippen LogP contribution in [0.15, 0.2) is 76.0 Å². The quantitative estimate of drug-likeness (QED) is 0.0785. The van der Waals surface area contributed by atoms with E-state index in [1.165, 1.54) is 5.56 Å². The number of rotatable bonds is 14. The zero-order valence-corrected chi connectivity index (χ0v) is 23.0. The molecule has 0 aliphatic rings. The van der Waals surface area contributed by atoms with Gasteiger partial charge in [-0.1, -0.05) is 25.3 Å². The summed E-state index contributed by atoms with van der Waals surface area (Å²) in [6.45, 7) is 11.4. The van der Waals surface area contributed by atoms with Crippen LogP contribution in [0.4, 0.5) is 0 Å². The van der Waals surface area contributed by atoms with Crippen LogP contribution in [0.5, 0.6) is 5.75 Å². The van der Waals surface area contributed by atoms with Gasteiger partial charge in [0.15, 0.2) is 0 Å². The van der Waals surface area contributed by atoms with Crippen LogP contribution < -0.4 is 10.4 Å². The Hall–Kier alpha value is -3.97. The molecule has 7 heteroatoms. The maximum Gasteiger partial charge on any atom is 0.344 e. The van der Waals surface area contributed by atoms with Crippen LogP contribution in [0.1, 0.15) is 50.7 Å². The van der Waals surface area contributed by atoms with Gasteiger partial charge in [-0.25, -0.2) is 14.4 Å². The molecule has 3 rings (SSSR count). The molecule has 0 radical (unpaired) electrons. The lowest BCUT2D eigenvalue weighted by molar-refractivity contribution is -0.139. The van der Waals surface area contributed by atoms with Crippen molar-refractivity contribution in [2.45, 2.75) is 52.4 Å². The van der Waals surface area contributed by atoms with Crippen LogP contribution in [0.25, 0.3) is 22.1 Å². The molecule has 7 nitrogen and oxygen atoms in total. The van der Waals surface area contributed by atoms with E-state index in [9.17, 15) is 14.4 Å². The van der Waals surface area contributed by atoms with Crippen LogP contribution in [-0.2, 0) is 31.9 Å². The van der Waals surface area contributed by atoms with E-state index in [2.05, 4.69) is 19.2 Å². The van der Waals surface area contributed by atoms with Gasteiger partial charge in [0.25, 0.3) is 0 Å². The van der Waals surface area contributed by atoms with E-state index in [-0.39, 0.29) is 5.97 Å². The second-order valence-corrected chi connectivity index (χ2v) is 9.62. The van der Waals surface area contributed by atoms with Crippen molar-refractivity contribution in [3.8, 4) is 16.9 Å². The molecule has 1 heterocycles. The maximum absolute atomic E-state index is 12.9. The summed E-state index contributed by atoms with van der Waals surface area (Å²) < 4.78 is 21.4. The molecule has 206 valence electrons. The number of esters is 2. The van der Waals surface area contributed by atoms with E-state index in [1.807, 2.05) is 12.1 Å². The standard InChI is InChI=1S/C32H36O7/c1-21(2)30(33)37-17-9-7-10-24-18-26-19-28(23-12-14-27(15-13-23)38-31(34)22(3)4)32(35)39-29(26)20-25(24)11-6-8-16-36-5/h12-15,18-20H,1,3,6-11,16-17H2,2,4-5H3. The number of methoxy groups -OCH3 is 1. The second-order valence-electron chi connectivity index (χ2n) is 9.62. The van der Waals surface area contributed by atoms with Crippen molar-refractivity contribution in [1.29, 1.82) is 0 Å². The summed E-state index contributed by atoms with van der Waals surface area (Å²) in [7, 11) is 1.69. The van der Waals surface area contributed by atoms with Gasteiger partial charge >= 0.3 is 17.6 Å². The Balaban J connectivity index is 1.84. The summed E-state index contributed by atoms with van der Waals surface area (Å²) in [6.07, 6.45) is 5.11. The highest BCUT2D eigenvalue weighted by Crippen LogP contribution is 2.27. The molecule has 0 N–H and O–H groups in total. The molecule has 0 saturated heterocycles. The summed E-state index contributed by atoms with van der Waals surface area (Å²) in [6, 6.07) is 12.6. The lowest BCUT2D eigenvalue weighted by Crippen LogP contribution is -2.08. The number of benzene rings is 2. The number of hydrogen-bond acceptors (Lipinski definition) is 7. The van der Waals surface area contributed by atoms with E-state index in [0.717, 1.165) is 49.5 Å². The zero-order chi connectivity index (χ0) is 28.4. The Morgan fingerprint density at radius 3 is 2.05 bits per heavy atom. The number of unbranched alkanes of at least 4 members (excludes halogenated alkanes) is 2. The van der Waals surface area contributed by atoms with Gasteiger partial charge in [0.05, 0.1) is 12.2 Å². The number of ether oxygens (including phenoxy) is 3. The van der Waals surface area contributed by atoms with Gasteiger partial charge in [-0.3, -0.25) is 0 Å². The van der Waals surface area contributed by atoms with Gasteiger partial charge in [0.2, 0.25) is 0 Å². The van der Waals surface area contributed by atoms with Crippen LogP contribution in [0, 0.1) is 0 Å². The highest BCUT2D eigenvalue weighted by atomic mass is 16.5. The average Bonchev–Trinajstić information content (AvgIpc) is 2.91. The van der Waals surface area contributed by atoms with Crippen molar-refractivity contribution in [1.82, 2.24) is 0 Å². The Bertz CT molecular complexity index is 1400. The molecule has 3 aromatic rings. The van der Waals surface area contributed by atoms with Crippen molar-refractivity contribution >= 4 is 22.9 Å². The van der Waals surface area contributed by atoms with Gasteiger partial charge in [0.1, 0.15) is 11.3 Å². The molecule has 0 atom stereocenters. The SMILES string of the molecule is C=C(C)C(=O)OCCCCc1cc2cc(-c3ccc(OC(=O)C(=C)C)cc3)c(=O)oc2cc1CCCCOC. The van der Waals surface area contributed by atoms with E-state index in [4.69, 9.17) is 18.6 Å². The molecule has 0 unspecified atom stereocenters. The van der Waals surface area contributed by atoms with Crippen LogP contribution in [0.3, 0.4) is 0 Å². The summed E-state index contributed by atoms with van der Waals surface area (Å²) in [5.41, 5.74) is 4.18. The number of carbonyl (C=O) groups excluding carboxylic acids is 2. The Morgan fingerprint density at radius 2 is 1.44 bits per heavy atom. The number of fused-ring (bicyclic) bond motifs is 1. The highest BCUT2D eigenvalue weighted by Gasteiger charge is 2.13. The predicted octanol–water partition coefficient (Wildman–Crippen LogP) is 6.35. The second kappa shape index (κ2) is 14.3. The first-order valence-corrected chi connectivity index (χ1v) is 13.1. The van der Waals surface area contributed by atoms with Crippen molar-refractivity contribution in [3.63, 3.8) is 0 Å². The summed E-state index contributed by atoms with van der Waals surface area (Å²) >= 11 is 0. The van der Waals surface area contributed by atoms with E-state index < -0.39 is 11.6 Å². The van der Waals surface area contributed by atoms with Gasteiger partial charge < -0.3 is 18.6 Å². The molecule has 0 spiro atoms. The van der Waals surface area contributed by atoms with Crippen molar-refractivity contribution < 1.29 is 28.2 Å². The number of carbonyl (C=O) groups is 2. The van der Waals surface area contributed by atoms with Gasteiger partial charge in [-0.2, -0.15) is 0 Å². The third-order valence-electron chi connectivity index (χ3n) is 6.25. The molecule has 39 heavy (non-hydrogen) atoms. The van der Waals surface area contributed by atoms with Crippen molar-refractivity contribution in [3.05, 3.63) is 88.3 Å². The summed E-state index contributed by atoms with van der Waals surface area (Å²) in [5, 5.41) is 0.826. The first-order valence-electron chi connectivity index (χ1n) is 13.1. The molecule has 0 amide bonds. The topological polar surface area (TPSA) is 92.0 Å². The monoisotopic (exact) mass is 532 g/mol. The molecule has 2 aromatic carbocycles. The Labute approximate surface area is 229 Å². The zero-order valence-electron chi connectivity index (χ0n) is 23.0. The molecule has 1 aromatic heterocycles. The van der Waals surface area contributed by atoms with Gasteiger partial charge in [-0.05, 0) is 99.4 Å². The lowest BCUT2D eigenvalue weighted by atomic mass is 9.95. The fourth-order valence-electron chi connectivity index (χ4n) is 4.09. The first-order chi connectivity index (χ1) is 18.7. The van der Waals surface area contributed by atoms with Crippen LogP contribution in [0.2, 0.25) is 0 Å². The molecule has 0 bridgehead atoms. The number of aryl methyl sites for hydroxylation is 2. The normalized spacial score (nSPS) is 10.8. The van der Waals surface area contributed by atoms with E-state index in [1.54, 1.807) is 45.2 Å².